The standard InChI is InChI=1S/C22H33N3O3/c1-15-8-9-20(28-3)18(12-15)24-22(27)19-7-5-11-25(19)21(26)13-16(2)17-6-4-10-23-14-17/h8-9,12,16-17,19,23H,4-7,10-11,13-14H2,1-3H3,(H,24,27). The summed E-state index contributed by atoms with van der Waals surface area (Å²) < 4.78 is 5.36. The van der Waals surface area contributed by atoms with Gasteiger partial charge in [-0.05, 0) is 75.2 Å². The minimum Gasteiger partial charge on any atom is -0.495 e. The molecule has 3 unspecified atom stereocenters. The molecular formula is C22H33N3O3. The first-order chi connectivity index (χ1) is 13.5. The van der Waals surface area contributed by atoms with Crippen LogP contribution in [-0.2, 0) is 9.59 Å². The van der Waals surface area contributed by atoms with Gasteiger partial charge >= 0.3 is 0 Å². The number of nitrogens with one attached hydrogen (secondary N) is 2. The molecule has 28 heavy (non-hydrogen) atoms. The number of carbonyl (C=O) groups excluding carboxylic acids is 2. The van der Waals surface area contributed by atoms with Gasteiger partial charge in [0.2, 0.25) is 11.8 Å². The van der Waals surface area contributed by atoms with E-state index in [4.69, 9.17) is 4.74 Å². The highest BCUT2D eigenvalue weighted by molar-refractivity contribution is 5.98. The van der Waals surface area contributed by atoms with Crippen molar-refractivity contribution >= 4 is 17.5 Å². The van der Waals surface area contributed by atoms with Gasteiger partial charge in [0, 0.05) is 13.0 Å². The van der Waals surface area contributed by atoms with Crippen LogP contribution >= 0.6 is 0 Å². The van der Waals surface area contributed by atoms with Crippen molar-refractivity contribution < 1.29 is 14.3 Å². The number of anilines is 1. The molecule has 0 aliphatic carbocycles. The van der Waals surface area contributed by atoms with Crippen LogP contribution in [0.5, 0.6) is 5.75 Å². The Hall–Kier alpha value is -2.08. The molecule has 0 spiro atoms. The number of likely N-dealkylation sites (tertiary alicyclic amines) is 1. The van der Waals surface area contributed by atoms with Crippen molar-refractivity contribution in [3.63, 3.8) is 0 Å². The van der Waals surface area contributed by atoms with E-state index < -0.39 is 6.04 Å². The van der Waals surface area contributed by atoms with Crippen molar-refractivity contribution in [1.82, 2.24) is 10.2 Å². The highest BCUT2D eigenvalue weighted by Gasteiger charge is 2.35. The number of carbonyl (C=O) groups is 2. The first kappa shape index (κ1) is 20.6. The molecular weight excluding hydrogens is 354 g/mol. The summed E-state index contributed by atoms with van der Waals surface area (Å²) in [5.74, 6) is 1.49. The molecule has 2 amide bonds. The first-order valence-electron chi connectivity index (χ1n) is 10.4. The number of ether oxygens (including phenoxy) is 1. The van der Waals surface area contributed by atoms with E-state index in [0.29, 0.717) is 42.7 Å². The lowest BCUT2D eigenvalue weighted by molar-refractivity contribution is -0.137. The van der Waals surface area contributed by atoms with E-state index in [0.717, 1.165) is 25.1 Å². The summed E-state index contributed by atoms with van der Waals surface area (Å²) in [4.78, 5) is 27.7. The molecule has 2 heterocycles. The number of hydrogen-bond donors (Lipinski definition) is 2. The van der Waals surface area contributed by atoms with Crippen LogP contribution < -0.4 is 15.4 Å². The highest BCUT2D eigenvalue weighted by Crippen LogP contribution is 2.29. The van der Waals surface area contributed by atoms with E-state index >= 15 is 0 Å². The van der Waals surface area contributed by atoms with Crippen LogP contribution in [0.2, 0.25) is 0 Å². The second-order valence-corrected chi connectivity index (χ2v) is 8.23. The number of aryl methyl sites for hydroxylation is 1. The predicted octanol–water partition coefficient (Wildman–Crippen LogP) is 2.96. The Labute approximate surface area is 168 Å². The minimum absolute atomic E-state index is 0.104. The van der Waals surface area contributed by atoms with Crippen LogP contribution in [0.25, 0.3) is 0 Å². The molecule has 0 radical (unpaired) electrons. The molecule has 2 fully saturated rings. The smallest absolute Gasteiger partial charge is 0.247 e. The quantitative estimate of drug-likeness (QED) is 0.787. The maximum Gasteiger partial charge on any atom is 0.247 e. The summed E-state index contributed by atoms with van der Waals surface area (Å²) in [6.07, 6.45) is 4.46. The fraction of sp³-hybridized carbons (Fsp3) is 0.636. The van der Waals surface area contributed by atoms with Crippen molar-refractivity contribution in [2.24, 2.45) is 11.8 Å². The molecule has 2 N–H and O–H groups in total. The molecule has 2 aliphatic heterocycles. The zero-order valence-corrected chi connectivity index (χ0v) is 17.3. The Bertz CT molecular complexity index is 700. The minimum atomic E-state index is -0.394. The van der Waals surface area contributed by atoms with E-state index in [1.807, 2.05) is 25.1 Å². The highest BCUT2D eigenvalue weighted by atomic mass is 16.5. The second kappa shape index (κ2) is 9.41. The predicted molar refractivity (Wildman–Crippen MR) is 110 cm³/mol. The number of methoxy groups -OCH3 is 1. The van der Waals surface area contributed by atoms with Gasteiger partial charge in [0.25, 0.3) is 0 Å². The van der Waals surface area contributed by atoms with Gasteiger partial charge < -0.3 is 20.3 Å². The van der Waals surface area contributed by atoms with E-state index in [-0.39, 0.29) is 11.8 Å². The summed E-state index contributed by atoms with van der Waals surface area (Å²) in [5, 5.41) is 6.41. The van der Waals surface area contributed by atoms with Crippen LogP contribution in [0.3, 0.4) is 0 Å². The first-order valence-corrected chi connectivity index (χ1v) is 10.4. The van der Waals surface area contributed by atoms with Gasteiger partial charge in [0.15, 0.2) is 0 Å². The maximum atomic E-state index is 12.9. The van der Waals surface area contributed by atoms with Crippen LogP contribution in [0.4, 0.5) is 5.69 Å². The molecule has 6 nitrogen and oxygen atoms in total. The number of benzene rings is 1. The molecule has 2 saturated heterocycles. The van der Waals surface area contributed by atoms with Crippen LogP contribution in [0.1, 0.15) is 44.6 Å². The lowest BCUT2D eigenvalue weighted by Crippen LogP contribution is -2.44. The Kier molecular flexibility index (Phi) is 6.94. The maximum absolute atomic E-state index is 12.9. The van der Waals surface area contributed by atoms with Crippen molar-refractivity contribution in [1.29, 1.82) is 0 Å². The van der Waals surface area contributed by atoms with Crippen LogP contribution in [0.15, 0.2) is 18.2 Å². The number of hydrogen-bond acceptors (Lipinski definition) is 4. The molecule has 2 aliphatic rings. The van der Waals surface area contributed by atoms with Gasteiger partial charge in [0.1, 0.15) is 11.8 Å². The number of piperidine rings is 1. The van der Waals surface area contributed by atoms with E-state index in [1.54, 1.807) is 12.0 Å². The van der Waals surface area contributed by atoms with Crippen molar-refractivity contribution in [2.45, 2.75) is 52.0 Å². The average molecular weight is 388 g/mol. The molecule has 0 saturated carbocycles. The van der Waals surface area contributed by atoms with Crippen LogP contribution in [-0.4, -0.2) is 49.5 Å². The zero-order valence-electron chi connectivity index (χ0n) is 17.3. The Morgan fingerprint density at radius 3 is 2.86 bits per heavy atom. The summed E-state index contributed by atoms with van der Waals surface area (Å²) in [6.45, 7) is 6.87. The van der Waals surface area contributed by atoms with Crippen molar-refractivity contribution in [3.05, 3.63) is 23.8 Å². The van der Waals surface area contributed by atoms with Gasteiger partial charge in [-0.25, -0.2) is 0 Å². The van der Waals surface area contributed by atoms with Gasteiger partial charge in [-0.3, -0.25) is 9.59 Å². The average Bonchev–Trinajstić information content (AvgIpc) is 3.19. The van der Waals surface area contributed by atoms with Gasteiger partial charge in [-0.2, -0.15) is 0 Å². The number of amides is 2. The molecule has 0 bridgehead atoms. The summed E-state index contributed by atoms with van der Waals surface area (Å²) in [6, 6.07) is 5.30. The third-order valence-corrected chi connectivity index (χ3v) is 6.12. The molecule has 154 valence electrons. The van der Waals surface area contributed by atoms with Crippen LogP contribution in [0, 0.1) is 18.8 Å². The lowest BCUT2D eigenvalue weighted by Gasteiger charge is -2.30. The summed E-state index contributed by atoms with van der Waals surface area (Å²) >= 11 is 0. The summed E-state index contributed by atoms with van der Waals surface area (Å²) in [5.41, 5.74) is 1.71. The lowest BCUT2D eigenvalue weighted by atomic mass is 9.85. The van der Waals surface area contributed by atoms with E-state index in [1.165, 1.54) is 12.8 Å². The molecule has 0 aromatic heterocycles. The zero-order chi connectivity index (χ0) is 20.1. The number of rotatable bonds is 6. The van der Waals surface area contributed by atoms with Crippen molar-refractivity contribution in [3.8, 4) is 5.75 Å². The topological polar surface area (TPSA) is 70.7 Å². The Morgan fingerprint density at radius 1 is 1.32 bits per heavy atom. The third-order valence-electron chi connectivity index (χ3n) is 6.12. The third kappa shape index (κ3) is 4.85. The summed E-state index contributed by atoms with van der Waals surface area (Å²) in [7, 11) is 1.59. The molecule has 6 heteroatoms. The fourth-order valence-corrected chi connectivity index (χ4v) is 4.40. The molecule has 3 rings (SSSR count). The second-order valence-electron chi connectivity index (χ2n) is 8.23. The fourth-order valence-electron chi connectivity index (χ4n) is 4.40. The van der Waals surface area contributed by atoms with E-state index in [2.05, 4.69) is 17.6 Å². The van der Waals surface area contributed by atoms with Gasteiger partial charge in [-0.15, -0.1) is 0 Å². The molecule has 3 atom stereocenters. The monoisotopic (exact) mass is 387 g/mol. The molecule has 1 aromatic rings. The van der Waals surface area contributed by atoms with E-state index in [9.17, 15) is 9.59 Å². The normalized spacial score (nSPS) is 23.3. The Morgan fingerprint density at radius 2 is 2.14 bits per heavy atom. The van der Waals surface area contributed by atoms with Crippen molar-refractivity contribution in [2.75, 3.05) is 32.1 Å². The SMILES string of the molecule is COc1ccc(C)cc1NC(=O)C1CCCN1C(=O)CC(C)C1CCCNC1. The molecule has 1 aromatic carbocycles. The van der Waals surface area contributed by atoms with Gasteiger partial charge in [-0.1, -0.05) is 13.0 Å². The number of nitrogens with zero attached hydrogens (tertiary/aromatic N) is 1. The van der Waals surface area contributed by atoms with Gasteiger partial charge in [0.05, 0.1) is 12.8 Å². The largest absolute Gasteiger partial charge is 0.495 e. The Balaban J connectivity index is 1.62.